The Balaban J connectivity index is 1.72. The number of rotatable bonds is 3. The molecule has 1 aliphatic heterocycles. The van der Waals surface area contributed by atoms with Gasteiger partial charge in [-0.25, -0.2) is 0 Å². The van der Waals surface area contributed by atoms with Gasteiger partial charge in [-0.2, -0.15) is 0 Å². The second-order valence-electron chi connectivity index (χ2n) is 7.58. The first kappa shape index (κ1) is 19.5. The molecule has 1 unspecified atom stereocenters. The second kappa shape index (κ2) is 8.00. The first-order chi connectivity index (χ1) is 14.6. The highest BCUT2D eigenvalue weighted by Gasteiger charge is 2.29. The van der Waals surface area contributed by atoms with Crippen LogP contribution in [0.5, 0.6) is 5.75 Å². The summed E-state index contributed by atoms with van der Waals surface area (Å²) >= 11 is 4.94. The lowest BCUT2D eigenvalue weighted by Crippen LogP contribution is -2.37. The molecule has 1 saturated carbocycles. The molecule has 3 aromatic rings. The predicted octanol–water partition coefficient (Wildman–Crippen LogP) is 4.34. The van der Waals surface area contributed by atoms with E-state index in [-0.39, 0.29) is 11.6 Å². The first-order valence-electron chi connectivity index (χ1n) is 10.1. The number of thiazole rings is 1. The van der Waals surface area contributed by atoms with E-state index < -0.39 is 0 Å². The number of benzene rings is 2. The van der Waals surface area contributed by atoms with Gasteiger partial charge in [-0.15, -0.1) is 0 Å². The lowest BCUT2D eigenvalue weighted by Gasteiger charge is -2.28. The Kier molecular flexibility index (Phi) is 5.21. The maximum absolute atomic E-state index is 13.5. The highest BCUT2D eigenvalue weighted by molar-refractivity contribution is 9.10. The summed E-state index contributed by atoms with van der Waals surface area (Å²) in [7, 11) is 1.67. The van der Waals surface area contributed by atoms with Gasteiger partial charge in [0, 0.05) is 4.47 Å². The Labute approximate surface area is 187 Å². The van der Waals surface area contributed by atoms with Crippen LogP contribution in [0, 0.1) is 0 Å². The quantitative estimate of drug-likeness (QED) is 0.559. The minimum absolute atomic E-state index is 0.00371. The Morgan fingerprint density at radius 3 is 2.63 bits per heavy atom. The zero-order chi connectivity index (χ0) is 20.7. The lowest BCUT2D eigenvalue weighted by molar-refractivity contribution is 0.414. The first-order valence-corrected chi connectivity index (χ1v) is 11.7. The van der Waals surface area contributed by atoms with E-state index in [2.05, 4.69) is 15.9 Å². The molecule has 0 bridgehead atoms. The average molecular weight is 481 g/mol. The van der Waals surface area contributed by atoms with Gasteiger partial charge >= 0.3 is 0 Å². The average Bonchev–Trinajstić information content (AvgIpc) is 3.08. The molecule has 1 atom stereocenters. The van der Waals surface area contributed by atoms with Crippen molar-refractivity contribution >= 4 is 39.0 Å². The van der Waals surface area contributed by atoms with Gasteiger partial charge < -0.3 is 4.74 Å². The van der Waals surface area contributed by atoms with Gasteiger partial charge in [0.2, 0.25) is 0 Å². The van der Waals surface area contributed by atoms with E-state index in [1.54, 1.807) is 7.11 Å². The van der Waals surface area contributed by atoms with E-state index >= 15 is 0 Å². The van der Waals surface area contributed by atoms with E-state index in [1.807, 2.05) is 59.2 Å². The van der Waals surface area contributed by atoms with Crippen LogP contribution < -0.4 is 19.6 Å². The molecular weight excluding hydrogens is 460 g/mol. The largest absolute Gasteiger partial charge is 0.497 e. The van der Waals surface area contributed by atoms with Gasteiger partial charge in [0.15, 0.2) is 4.80 Å². The Morgan fingerprint density at radius 2 is 1.90 bits per heavy atom. The number of hydrogen-bond acceptors (Lipinski definition) is 4. The van der Waals surface area contributed by atoms with Crippen molar-refractivity contribution in [1.29, 1.82) is 0 Å². The summed E-state index contributed by atoms with van der Waals surface area (Å²) in [6.07, 6.45) is 6.32. The van der Waals surface area contributed by atoms with Crippen molar-refractivity contribution in [2.24, 2.45) is 4.99 Å². The van der Waals surface area contributed by atoms with Crippen molar-refractivity contribution in [3.05, 3.63) is 89.4 Å². The summed E-state index contributed by atoms with van der Waals surface area (Å²) in [5.41, 5.74) is 4.36. The highest BCUT2D eigenvalue weighted by atomic mass is 79.9. The fraction of sp³-hybridized carbons (Fsp3) is 0.250. The third-order valence-electron chi connectivity index (χ3n) is 5.71. The number of hydrogen-bond donors (Lipinski definition) is 0. The molecule has 30 heavy (non-hydrogen) atoms. The summed E-state index contributed by atoms with van der Waals surface area (Å²) in [4.78, 5) is 19.3. The molecule has 1 fully saturated rings. The van der Waals surface area contributed by atoms with Crippen LogP contribution in [0.3, 0.4) is 0 Å². The molecular formula is C24H21BrN2O2S. The number of fused-ring (bicyclic) bond motifs is 2. The SMILES string of the molecule is COc1ccc(C2=C3CCCCC3N=c3sc(=Cc4ccc(Br)cc4)c(=O)n32)cc1. The van der Waals surface area contributed by atoms with Crippen LogP contribution >= 0.6 is 27.3 Å². The van der Waals surface area contributed by atoms with E-state index in [0.717, 1.165) is 51.1 Å². The molecule has 2 aliphatic rings. The van der Waals surface area contributed by atoms with Crippen molar-refractivity contribution in [1.82, 2.24) is 4.57 Å². The molecule has 1 aliphatic carbocycles. The summed E-state index contributed by atoms with van der Waals surface area (Å²) in [6, 6.07) is 16.2. The van der Waals surface area contributed by atoms with Crippen LogP contribution in [0.4, 0.5) is 0 Å². The number of nitrogens with zero attached hydrogens (tertiary/aromatic N) is 2. The predicted molar refractivity (Wildman–Crippen MR) is 125 cm³/mol. The zero-order valence-corrected chi connectivity index (χ0v) is 19.0. The van der Waals surface area contributed by atoms with Crippen LogP contribution in [-0.2, 0) is 0 Å². The molecule has 2 aromatic carbocycles. The normalized spacial score (nSPS) is 18.6. The molecule has 0 amide bonds. The van der Waals surface area contributed by atoms with Crippen molar-refractivity contribution in [2.75, 3.05) is 7.11 Å². The van der Waals surface area contributed by atoms with Gasteiger partial charge in [0.05, 0.1) is 23.4 Å². The van der Waals surface area contributed by atoms with Crippen LogP contribution in [-0.4, -0.2) is 17.7 Å². The molecule has 5 rings (SSSR count). The van der Waals surface area contributed by atoms with Gasteiger partial charge in [0.25, 0.3) is 5.56 Å². The van der Waals surface area contributed by atoms with Crippen molar-refractivity contribution in [3.8, 4) is 5.75 Å². The molecule has 0 radical (unpaired) electrons. The molecule has 2 heterocycles. The van der Waals surface area contributed by atoms with E-state index in [1.165, 1.54) is 23.3 Å². The van der Waals surface area contributed by atoms with Crippen molar-refractivity contribution in [3.63, 3.8) is 0 Å². The van der Waals surface area contributed by atoms with Crippen LogP contribution in [0.15, 0.2) is 68.4 Å². The summed E-state index contributed by atoms with van der Waals surface area (Å²) in [6.45, 7) is 0. The van der Waals surface area contributed by atoms with Gasteiger partial charge in [-0.05, 0) is 78.4 Å². The molecule has 0 spiro atoms. The third kappa shape index (κ3) is 3.48. The maximum Gasteiger partial charge on any atom is 0.274 e. The van der Waals surface area contributed by atoms with Gasteiger partial charge in [-0.1, -0.05) is 45.8 Å². The van der Waals surface area contributed by atoms with E-state index in [0.29, 0.717) is 4.53 Å². The second-order valence-corrected chi connectivity index (χ2v) is 9.50. The molecule has 6 heteroatoms. The minimum Gasteiger partial charge on any atom is -0.497 e. The minimum atomic E-state index is 0.00371. The molecule has 0 saturated heterocycles. The fourth-order valence-electron chi connectivity index (χ4n) is 4.22. The maximum atomic E-state index is 13.5. The molecule has 4 nitrogen and oxygen atoms in total. The third-order valence-corrected chi connectivity index (χ3v) is 7.22. The summed E-state index contributed by atoms with van der Waals surface area (Å²) in [5.74, 6) is 0.812. The molecule has 1 aromatic heterocycles. The number of halogens is 1. The summed E-state index contributed by atoms with van der Waals surface area (Å²) in [5, 5.41) is 0. The lowest BCUT2D eigenvalue weighted by atomic mass is 9.86. The highest BCUT2D eigenvalue weighted by Crippen LogP contribution is 2.34. The zero-order valence-electron chi connectivity index (χ0n) is 16.6. The van der Waals surface area contributed by atoms with Crippen molar-refractivity contribution < 1.29 is 4.74 Å². The van der Waals surface area contributed by atoms with Crippen molar-refractivity contribution in [2.45, 2.75) is 31.7 Å². The number of ether oxygens (including phenoxy) is 1. The van der Waals surface area contributed by atoms with Crippen LogP contribution in [0.1, 0.15) is 36.8 Å². The number of aromatic nitrogens is 1. The van der Waals surface area contributed by atoms with Crippen LogP contribution in [0.2, 0.25) is 0 Å². The standard InChI is InChI=1S/C24H21BrN2O2S/c1-29-18-12-8-16(9-13-18)22-19-4-2-3-5-20(19)26-24-27(22)23(28)21(30-24)14-15-6-10-17(25)11-7-15/h6-14,20H,2-5H2,1H3. The Bertz CT molecular complexity index is 1300. The van der Waals surface area contributed by atoms with Gasteiger partial charge in [0.1, 0.15) is 5.75 Å². The summed E-state index contributed by atoms with van der Waals surface area (Å²) < 4.78 is 8.88. The molecule has 152 valence electrons. The van der Waals surface area contributed by atoms with Crippen LogP contribution in [0.25, 0.3) is 11.8 Å². The van der Waals surface area contributed by atoms with E-state index in [9.17, 15) is 4.79 Å². The Hall–Kier alpha value is -2.44. The monoisotopic (exact) mass is 480 g/mol. The fourth-order valence-corrected chi connectivity index (χ4v) is 5.50. The number of methoxy groups -OCH3 is 1. The van der Waals surface area contributed by atoms with E-state index in [4.69, 9.17) is 9.73 Å². The Morgan fingerprint density at radius 1 is 1.13 bits per heavy atom. The topological polar surface area (TPSA) is 43.6 Å². The molecule has 0 N–H and O–H groups in total. The van der Waals surface area contributed by atoms with Gasteiger partial charge in [-0.3, -0.25) is 14.4 Å². The smallest absolute Gasteiger partial charge is 0.274 e.